The van der Waals surface area contributed by atoms with Gasteiger partial charge in [0.25, 0.3) is 0 Å². The van der Waals surface area contributed by atoms with Crippen LogP contribution >= 0.6 is 23.2 Å². The fraction of sp³-hybridized carbons (Fsp3) is 0.438. The van der Waals surface area contributed by atoms with Crippen molar-refractivity contribution < 1.29 is 48.6 Å². The Morgan fingerprint density at radius 3 is 2.59 bits per heavy atom. The van der Waals surface area contributed by atoms with E-state index in [-0.39, 0.29) is 51.5 Å². The van der Waals surface area contributed by atoms with E-state index in [1.807, 2.05) is 51.5 Å². The number of anilines is 1. The number of carbonyl (C=O) groups is 1. The molecule has 3 aliphatic rings. The molecule has 9 nitrogen and oxygen atoms in total. The monoisotopic (exact) mass is 872 g/mol. The molecule has 61 heavy (non-hydrogen) atoms. The van der Waals surface area contributed by atoms with Crippen LogP contribution in [0.3, 0.4) is 0 Å². The van der Waals surface area contributed by atoms with Crippen molar-refractivity contribution in [2.75, 3.05) is 24.5 Å². The van der Waals surface area contributed by atoms with Crippen molar-refractivity contribution in [2.24, 2.45) is 11.3 Å². The Hall–Kier alpha value is -3.55. The number of carbonyl (C=O) groups excluding carboxylic acids is 2. The number of nitrogens with one attached hydrogen (secondary N) is 3. The number of nitrogens with zero attached hydrogens (tertiary/aromatic N) is 3. The average molecular weight is 874 g/mol. The van der Waals surface area contributed by atoms with Gasteiger partial charge in [0, 0.05) is 58.5 Å². The van der Waals surface area contributed by atoms with Gasteiger partial charge in [-0.3, -0.25) is 9.78 Å². The van der Waals surface area contributed by atoms with E-state index in [1.54, 1.807) is 35.4 Å². The summed E-state index contributed by atoms with van der Waals surface area (Å²) in [6, 6.07) is 19.5. The molecule has 2 aliphatic heterocycles. The number of unbranched alkanes of at least 4 members (excludes halogenated alkanes) is 1. The van der Waals surface area contributed by atoms with Gasteiger partial charge in [0.05, 0.1) is 18.0 Å². The summed E-state index contributed by atoms with van der Waals surface area (Å²) in [5.41, 5.74) is 0.953. The van der Waals surface area contributed by atoms with Gasteiger partial charge in [-0.05, 0) is 61.4 Å². The smallest absolute Gasteiger partial charge is 0.540 e. The Morgan fingerprint density at radius 2 is 1.90 bits per heavy atom. The van der Waals surface area contributed by atoms with Crippen molar-refractivity contribution in [3.05, 3.63) is 112 Å². The number of hydrogen-bond acceptors (Lipinski definition) is 8. The van der Waals surface area contributed by atoms with Gasteiger partial charge < -0.3 is 37.2 Å². The third-order valence-corrected chi connectivity index (χ3v) is 12.0. The van der Waals surface area contributed by atoms with Gasteiger partial charge in [0.1, 0.15) is 11.2 Å². The molecule has 0 bridgehead atoms. The molecule has 1 aromatic heterocycles. The first-order valence-corrected chi connectivity index (χ1v) is 21.4. The summed E-state index contributed by atoms with van der Waals surface area (Å²) in [5, 5.41) is 32.7. The van der Waals surface area contributed by atoms with Gasteiger partial charge >= 0.3 is 29.6 Å². The fourth-order valence-electron chi connectivity index (χ4n) is 8.68. The van der Waals surface area contributed by atoms with Gasteiger partial charge in [0.2, 0.25) is 12.3 Å². The van der Waals surface area contributed by atoms with Gasteiger partial charge in [-0.1, -0.05) is 86.3 Å². The standard InChI is InChI=1S/C25H31N4O2.C23H21Cl2FN2O.Na/c30-24-13-15-29(25(31)28-24)23-18-27-17-22-20(11-7-12-21(22)23)10-5-2-6-14-26-16-19-8-3-1-4-9-19;1-22(2,3)11-20-23(13-27,17-8-7-16(25)10-18(17)26)21(19(12-29)28-20)14-5-4-6-15(24)9-14;/h1,7,11-12,17-19,25-26,31H,2-4,6,8-9,13-16H2,(H,28,30);4-8,10,19-21,28H,11H2,1-3H3;/q-1;-2;+1/t;19-,20-,21-,23-;/m.0./s1. The Morgan fingerprint density at radius 1 is 1.13 bits per heavy atom. The van der Waals surface area contributed by atoms with Crippen LogP contribution < -0.4 is 50.4 Å². The minimum Gasteiger partial charge on any atom is -0.540 e. The largest absolute Gasteiger partial charge is 1.00 e. The maximum atomic E-state index is 15.1. The number of aliphatic hydroxyl groups is 1. The summed E-state index contributed by atoms with van der Waals surface area (Å²) in [6.45, 7) is 8.70. The van der Waals surface area contributed by atoms with E-state index in [0.717, 1.165) is 53.9 Å². The third kappa shape index (κ3) is 11.9. The van der Waals surface area contributed by atoms with E-state index >= 15 is 4.39 Å². The summed E-state index contributed by atoms with van der Waals surface area (Å²) in [4.78, 5) is 29.6. The predicted molar refractivity (Wildman–Crippen MR) is 235 cm³/mol. The maximum absolute atomic E-state index is 15.1. The number of aliphatic hydroxyl groups excluding tert-OH is 1. The van der Waals surface area contributed by atoms with Crippen LogP contribution in [0.25, 0.3) is 10.8 Å². The molecule has 3 heterocycles. The summed E-state index contributed by atoms with van der Waals surface area (Å²) in [5.74, 6) is 6.00. The summed E-state index contributed by atoms with van der Waals surface area (Å²) >= 11 is 12.1. The molecule has 1 amide bonds. The van der Waals surface area contributed by atoms with Crippen LogP contribution in [-0.2, 0) is 15.0 Å². The molecule has 3 fully saturated rings. The molecule has 316 valence electrons. The number of rotatable bonds is 10. The molecule has 0 spiro atoms. The Kier molecular flexibility index (Phi) is 17.6. The van der Waals surface area contributed by atoms with Crippen LogP contribution in [0.1, 0.15) is 94.7 Å². The van der Waals surface area contributed by atoms with Crippen LogP contribution in [0.15, 0.2) is 67.0 Å². The zero-order valence-corrected chi connectivity index (χ0v) is 38.8. The predicted octanol–water partition coefficient (Wildman–Crippen LogP) is 5.32. The van der Waals surface area contributed by atoms with Gasteiger partial charge in [-0.2, -0.15) is 47.9 Å². The quantitative estimate of drug-likeness (QED) is 0.0730. The minimum absolute atomic E-state index is 0. The molecular formula is C48H52Cl2FN6NaO3-2. The second kappa shape index (κ2) is 22.2. The van der Waals surface area contributed by atoms with Crippen molar-refractivity contribution in [3.8, 4) is 17.9 Å². The molecule has 4 aromatic rings. The Labute approximate surface area is 391 Å². The minimum atomic E-state index is -1.37. The van der Waals surface area contributed by atoms with Gasteiger partial charge in [0.15, 0.2) is 0 Å². The number of hydrogen-bond donors (Lipinski definition) is 4. The van der Waals surface area contributed by atoms with Crippen LogP contribution in [-0.4, -0.2) is 60.4 Å². The average Bonchev–Trinajstić information content (AvgIpc) is 3.53. The molecular weight excluding hydrogens is 821 g/mol. The first kappa shape index (κ1) is 48.5. The molecule has 5 atom stereocenters. The van der Waals surface area contributed by atoms with Gasteiger partial charge in [-0.25, -0.2) is 10.7 Å². The maximum Gasteiger partial charge on any atom is 1.00 e. The number of fused-ring (bicyclic) bond motifs is 1. The van der Waals surface area contributed by atoms with Crippen LogP contribution in [0, 0.1) is 52.8 Å². The normalized spacial score (nSPS) is 22.8. The molecule has 1 saturated carbocycles. The number of benzene rings is 3. The SMILES string of the molecule is CC(C)(C)C[C@@H]1N[C@@H]([C-]=O)[C@H](c2[c-]c(Cl)ccc2)[C@@]1(C#N)c1ccc(Cl)cc1F.O=C1CCN(c2cncc3c(C#CCCCNCC4CC[CH-]CC4)cccc23)C(O)N1.[Na+]. The van der Waals surface area contributed by atoms with Crippen molar-refractivity contribution >= 4 is 51.9 Å². The van der Waals surface area contributed by atoms with Crippen molar-refractivity contribution in [3.63, 3.8) is 0 Å². The topological polar surface area (TPSA) is 130 Å². The number of aromatic nitrogens is 1. The molecule has 7 rings (SSSR count). The van der Waals surface area contributed by atoms with E-state index < -0.39 is 35.6 Å². The number of halogens is 3. The zero-order chi connectivity index (χ0) is 42.9. The first-order chi connectivity index (χ1) is 28.8. The molecule has 0 radical (unpaired) electrons. The number of nitriles is 1. The van der Waals surface area contributed by atoms with Crippen LogP contribution in [0.4, 0.5) is 10.1 Å². The summed E-state index contributed by atoms with van der Waals surface area (Å²) in [7, 11) is 0. The molecule has 1 aliphatic carbocycles. The number of amides is 1. The second-order valence-electron chi connectivity index (χ2n) is 17.0. The first-order valence-electron chi connectivity index (χ1n) is 20.6. The second-order valence-corrected chi connectivity index (χ2v) is 17.8. The van der Waals surface area contributed by atoms with Gasteiger partial charge in [-0.15, -0.1) is 11.6 Å². The van der Waals surface area contributed by atoms with E-state index in [0.29, 0.717) is 30.0 Å². The molecule has 4 N–H and O–H groups in total. The summed E-state index contributed by atoms with van der Waals surface area (Å²) < 4.78 is 15.1. The molecule has 1 unspecified atom stereocenters. The molecule has 13 heteroatoms. The van der Waals surface area contributed by atoms with E-state index in [9.17, 15) is 20.0 Å². The van der Waals surface area contributed by atoms with E-state index in [4.69, 9.17) is 23.2 Å². The molecule has 3 aromatic carbocycles. The number of pyridine rings is 1. The Balaban J connectivity index is 0.000000228. The molecule has 2 saturated heterocycles. The zero-order valence-electron chi connectivity index (χ0n) is 35.3. The van der Waals surface area contributed by atoms with Crippen molar-refractivity contribution in [1.29, 1.82) is 5.26 Å². The third-order valence-electron chi connectivity index (χ3n) is 11.5. The Bertz CT molecular complexity index is 2250. The van der Waals surface area contributed by atoms with E-state index in [1.165, 1.54) is 37.8 Å². The van der Waals surface area contributed by atoms with E-state index in [2.05, 4.69) is 51.3 Å². The van der Waals surface area contributed by atoms with Crippen LogP contribution in [0.5, 0.6) is 0 Å². The fourth-order valence-corrected chi connectivity index (χ4v) is 9.02. The van der Waals surface area contributed by atoms with Crippen molar-refractivity contribution in [1.82, 2.24) is 20.9 Å². The van der Waals surface area contributed by atoms with Crippen molar-refractivity contribution in [2.45, 2.75) is 102 Å². The van der Waals surface area contributed by atoms with Crippen LogP contribution in [0.2, 0.25) is 10.0 Å². The summed E-state index contributed by atoms with van der Waals surface area (Å²) in [6.07, 6.45) is 14.9.